The first-order chi connectivity index (χ1) is 8.42. The molecule has 0 radical (unpaired) electrons. The van der Waals surface area contributed by atoms with Gasteiger partial charge in [0, 0.05) is 5.56 Å². The third-order valence-electron chi connectivity index (χ3n) is 3.97. The Hall–Kier alpha value is -1.22. The first kappa shape index (κ1) is 13.2. The van der Waals surface area contributed by atoms with Crippen molar-refractivity contribution in [3.05, 3.63) is 35.1 Å². The average molecular weight is 250 g/mol. The quantitative estimate of drug-likeness (QED) is 0.818. The van der Waals surface area contributed by atoms with Crippen LogP contribution >= 0.6 is 0 Å². The molecule has 1 aliphatic carbocycles. The molecule has 98 valence electrons. The molecule has 0 aliphatic heterocycles. The molecule has 0 atom stereocenters. The van der Waals surface area contributed by atoms with E-state index in [0.717, 1.165) is 12.8 Å². The molecule has 0 spiro atoms. The maximum Gasteiger partial charge on any atom is 0.194 e. The lowest BCUT2D eigenvalue weighted by Crippen LogP contribution is -2.42. The molecule has 0 bridgehead atoms. The van der Waals surface area contributed by atoms with Crippen LogP contribution in [0.3, 0.4) is 0 Å². The SMILES string of the molecule is Cc1ccc(F)cc1C(=O)C1(O)CCC(C)CC1. The van der Waals surface area contributed by atoms with Gasteiger partial charge in [-0.3, -0.25) is 4.79 Å². The highest BCUT2D eigenvalue weighted by atomic mass is 19.1. The van der Waals surface area contributed by atoms with Crippen LogP contribution in [0.5, 0.6) is 0 Å². The summed E-state index contributed by atoms with van der Waals surface area (Å²) in [6.07, 6.45) is 2.64. The van der Waals surface area contributed by atoms with Crippen molar-refractivity contribution in [2.75, 3.05) is 0 Å². The predicted octanol–water partition coefficient (Wildman–Crippen LogP) is 3.26. The van der Waals surface area contributed by atoms with Crippen LogP contribution in [0.25, 0.3) is 0 Å². The Bertz CT molecular complexity index is 460. The number of benzene rings is 1. The van der Waals surface area contributed by atoms with Gasteiger partial charge in [0.25, 0.3) is 0 Å². The van der Waals surface area contributed by atoms with Crippen molar-refractivity contribution in [3.63, 3.8) is 0 Å². The molecule has 1 saturated carbocycles. The van der Waals surface area contributed by atoms with Crippen LogP contribution in [-0.4, -0.2) is 16.5 Å². The minimum absolute atomic E-state index is 0.312. The lowest BCUT2D eigenvalue weighted by atomic mass is 9.75. The number of rotatable bonds is 2. The van der Waals surface area contributed by atoms with Gasteiger partial charge in [0.15, 0.2) is 5.78 Å². The van der Waals surface area contributed by atoms with Gasteiger partial charge in [0.05, 0.1) is 0 Å². The zero-order valence-electron chi connectivity index (χ0n) is 10.9. The van der Waals surface area contributed by atoms with Crippen LogP contribution < -0.4 is 0 Å². The first-order valence-corrected chi connectivity index (χ1v) is 6.46. The largest absolute Gasteiger partial charge is 0.382 e. The number of aryl methyl sites for hydroxylation is 1. The van der Waals surface area contributed by atoms with E-state index in [0.29, 0.717) is 29.9 Å². The Labute approximate surface area is 107 Å². The predicted molar refractivity (Wildman–Crippen MR) is 68.0 cm³/mol. The molecule has 0 saturated heterocycles. The van der Waals surface area contributed by atoms with Gasteiger partial charge in [0.2, 0.25) is 0 Å². The molecule has 1 aromatic carbocycles. The summed E-state index contributed by atoms with van der Waals surface area (Å²) in [5.74, 6) is -0.213. The minimum atomic E-state index is -1.30. The fourth-order valence-electron chi connectivity index (χ4n) is 2.56. The number of carbonyl (C=O) groups is 1. The normalized spacial score (nSPS) is 28.1. The van der Waals surface area contributed by atoms with Crippen molar-refractivity contribution in [3.8, 4) is 0 Å². The van der Waals surface area contributed by atoms with E-state index in [-0.39, 0.29) is 5.78 Å². The molecule has 1 fully saturated rings. The number of ketones is 1. The number of hydrogen-bond donors (Lipinski definition) is 1. The molecular weight excluding hydrogens is 231 g/mol. The van der Waals surface area contributed by atoms with E-state index in [1.807, 2.05) is 0 Å². The molecule has 1 aliphatic rings. The number of halogens is 1. The summed E-state index contributed by atoms with van der Waals surface area (Å²) in [5, 5.41) is 10.5. The topological polar surface area (TPSA) is 37.3 Å². The van der Waals surface area contributed by atoms with Crippen molar-refractivity contribution >= 4 is 5.78 Å². The Balaban J connectivity index is 2.28. The fourth-order valence-corrected chi connectivity index (χ4v) is 2.56. The second-order valence-corrected chi connectivity index (χ2v) is 5.50. The van der Waals surface area contributed by atoms with Crippen LogP contribution in [0.1, 0.15) is 48.5 Å². The first-order valence-electron chi connectivity index (χ1n) is 6.46. The molecule has 1 aromatic rings. The van der Waals surface area contributed by atoms with E-state index < -0.39 is 11.4 Å². The molecule has 0 aromatic heterocycles. The second-order valence-electron chi connectivity index (χ2n) is 5.50. The summed E-state index contributed by atoms with van der Waals surface area (Å²) in [4.78, 5) is 12.4. The van der Waals surface area contributed by atoms with E-state index in [1.165, 1.54) is 12.1 Å². The van der Waals surface area contributed by atoms with Gasteiger partial charge in [-0.05, 0) is 56.2 Å². The molecule has 3 heteroatoms. The second kappa shape index (κ2) is 4.81. The zero-order valence-corrected chi connectivity index (χ0v) is 10.9. The summed E-state index contributed by atoms with van der Waals surface area (Å²) < 4.78 is 13.2. The van der Waals surface area contributed by atoms with Gasteiger partial charge in [-0.2, -0.15) is 0 Å². The Morgan fingerprint density at radius 1 is 1.39 bits per heavy atom. The standard InChI is InChI=1S/C15H19FO2/c1-10-5-7-15(18,8-6-10)14(17)13-9-12(16)4-3-11(13)2/h3-4,9-10,18H,5-8H2,1-2H3. The molecule has 0 amide bonds. The van der Waals surface area contributed by atoms with Crippen LogP contribution in [0.2, 0.25) is 0 Å². The van der Waals surface area contributed by atoms with Gasteiger partial charge in [-0.15, -0.1) is 0 Å². The number of Topliss-reactive ketones (excluding diaryl/α,β-unsaturated/α-hetero) is 1. The highest BCUT2D eigenvalue weighted by molar-refractivity contribution is 6.03. The van der Waals surface area contributed by atoms with E-state index >= 15 is 0 Å². The van der Waals surface area contributed by atoms with E-state index in [1.54, 1.807) is 13.0 Å². The van der Waals surface area contributed by atoms with Crippen molar-refractivity contribution in [1.29, 1.82) is 0 Å². The monoisotopic (exact) mass is 250 g/mol. The van der Waals surface area contributed by atoms with E-state index in [4.69, 9.17) is 0 Å². The maximum atomic E-state index is 13.2. The van der Waals surface area contributed by atoms with Gasteiger partial charge < -0.3 is 5.11 Å². The highest BCUT2D eigenvalue weighted by Gasteiger charge is 2.39. The Morgan fingerprint density at radius 2 is 2.00 bits per heavy atom. The number of carbonyl (C=O) groups excluding carboxylic acids is 1. The van der Waals surface area contributed by atoms with Gasteiger partial charge in [-0.25, -0.2) is 4.39 Å². The van der Waals surface area contributed by atoms with Crippen molar-refractivity contribution in [1.82, 2.24) is 0 Å². The van der Waals surface area contributed by atoms with Crippen LogP contribution in [0.4, 0.5) is 4.39 Å². The van der Waals surface area contributed by atoms with Crippen molar-refractivity contribution in [2.45, 2.75) is 45.1 Å². The lowest BCUT2D eigenvalue weighted by Gasteiger charge is -2.33. The fraction of sp³-hybridized carbons (Fsp3) is 0.533. The Morgan fingerprint density at radius 3 is 2.61 bits per heavy atom. The number of hydrogen-bond acceptors (Lipinski definition) is 2. The van der Waals surface area contributed by atoms with Gasteiger partial charge in [0.1, 0.15) is 11.4 Å². The van der Waals surface area contributed by atoms with Crippen LogP contribution in [0.15, 0.2) is 18.2 Å². The van der Waals surface area contributed by atoms with Crippen LogP contribution in [0, 0.1) is 18.7 Å². The third kappa shape index (κ3) is 2.46. The van der Waals surface area contributed by atoms with Crippen molar-refractivity contribution in [2.24, 2.45) is 5.92 Å². The third-order valence-corrected chi connectivity index (χ3v) is 3.97. The lowest BCUT2D eigenvalue weighted by molar-refractivity contribution is 0.00417. The average Bonchev–Trinajstić information content (AvgIpc) is 2.35. The van der Waals surface area contributed by atoms with E-state index in [2.05, 4.69) is 6.92 Å². The molecule has 1 N–H and O–H groups in total. The summed E-state index contributed by atoms with van der Waals surface area (Å²) in [7, 11) is 0. The van der Waals surface area contributed by atoms with Crippen molar-refractivity contribution < 1.29 is 14.3 Å². The van der Waals surface area contributed by atoms with Gasteiger partial charge in [-0.1, -0.05) is 13.0 Å². The van der Waals surface area contributed by atoms with Gasteiger partial charge >= 0.3 is 0 Å². The summed E-state index contributed by atoms with van der Waals surface area (Å²) in [6.45, 7) is 3.89. The smallest absolute Gasteiger partial charge is 0.194 e. The summed E-state index contributed by atoms with van der Waals surface area (Å²) >= 11 is 0. The number of aliphatic hydroxyl groups is 1. The molecular formula is C15H19FO2. The van der Waals surface area contributed by atoms with Crippen LogP contribution in [-0.2, 0) is 0 Å². The highest BCUT2D eigenvalue weighted by Crippen LogP contribution is 2.34. The molecule has 0 heterocycles. The Kier molecular flexibility index (Phi) is 3.53. The van der Waals surface area contributed by atoms with E-state index in [9.17, 15) is 14.3 Å². The minimum Gasteiger partial charge on any atom is -0.382 e. The molecule has 18 heavy (non-hydrogen) atoms. The molecule has 0 unspecified atom stereocenters. The summed E-state index contributed by atoms with van der Waals surface area (Å²) in [5.41, 5.74) is -0.272. The zero-order chi connectivity index (χ0) is 13.3. The summed E-state index contributed by atoms with van der Waals surface area (Å²) in [6, 6.07) is 4.14. The molecule has 2 rings (SSSR count). The maximum absolute atomic E-state index is 13.2. The molecule has 2 nitrogen and oxygen atoms in total.